The molecule has 3 rings (SSSR count). The van der Waals surface area contributed by atoms with Gasteiger partial charge in [-0.25, -0.2) is 9.98 Å². The highest BCUT2D eigenvalue weighted by molar-refractivity contribution is 14.0. The van der Waals surface area contributed by atoms with Crippen molar-refractivity contribution in [2.75, 3.05) is 6.54 Å². The zero-order valence-corrected chi connectivity index (χ0v) is 16.2. The van der Waals surface area contributed by atoms with Gasteiger partial charge in [0.1, 0.15) is 5.82 Å². The molecule has 132 valence electrons. The van der Waals surface area contributed by atoms with Crippen LogP contribution in [0.3, 0.4) is 0 Å². The monoisotopic (exact) mass is 452 g/mol. The number of aromatic nitrogens is 3. The molecule has 0 saturated heterocycles. The van der Waals surface area contributed by atoms with Crippen molar-refractivity contribution < 1.29 is 4.42 Å². The molecule has 3 aromatic rings. The molecule has 1 aromatic carbocycles. The maximum absolute atomic E-state index is 5.28. The van der Waals surface area contributed by atoms with E-state index in [9.17, 15) is 0 Å². The summed E-state index contributed by atoms with van der Waals surface area (Å²) < 4.78 is 5.28. The molecule has 0 radical (unpaired) electrons. The minimum Gasteiger partial charge on any atom is -0.461 e. The summed E-state index contributed by atoms with van der Waals surface area (Å²) in [5.41, 5.74) is 1.16. The Bertz CT molecular complexity index is 770. The number of hydrogen-bond donors (Lipinski definition) is 3. The Morgan fingerprint density at radius 3 is 2.72 bits per heavy atom. The van der Waals surface area contributed by atoms with Crippen molar-refractivity contribution in [3.63, 3.8) is 0 Å². The largest absolute Gasteiger partial charge is 0.461 e. The van der Waals surface area contributed by atoms with Crippen LogP contribution in [-0.4, -0.2) is 27.7 Å². The number of aromatic amines is 1. The van der Waals surface area contributed by atoms with Crippen LogP contribution in [0, 0.1) is 0 Å². The van der Waals surface area contributed by atoms with Crippen LogP contribution in [0.5, 0.6) is 0 Å². The van der Waals surface area contributed by atoms with E-state index in [1.165, 1.54) is 0 Å². The first-order valence-electron chi connectivity index (χ1n) is 7.86. The molecule has 7 nitrogen and oxygen atoms in total. The molecular weight excluding hydrogens is 431 g/mol. The van der Waals surface area contributed by atoms with E-state index in [-0.39, 0.29) is 24.0 Å². The van der Waals surface area contributed by atoms with Gasteiger partial charge in [-0.3, -0.25) is 5.10 Å². The van der Waals surface area contributed by atoms with Crippen LogP contribution in [-0.2, 0) is 13.1 Å². The molecule has 0 aliphatic rings. The van der Waals surface area contributed by atoms with Gasteiger partial charge in [0.2, 0.25) is 5.82 Å². The lowest BCUT2D eigenvalue weighted by atomic mass is 10.2. The van der Waals surface area contributed by atoms with E-state index in [2.05, 4.69) is 42.9 Å². The first-order chi connectivity index (χ1) is 11.8. The van der Waals surface area contributed by atoms with Crippen LogP contribution in [0.15, 0.2) is 58.1 Å². The molecule has 0 unspecified atom stereocenters. The van der Waals surface area contributed by atoms with E-state index in [1.807, 2.05) is 37.3 Å². The number of benzene rings is 1. The summed E-state index contributed by atoms with van der Waals surface area (Å²) in [6.45, 7) is 3.93. The molecule has 0 amide bonds. The molecular formula is C17H21IN6O. The van der Waals surface area contributed by atoms with Gasteiger partial charge in [0, 0.05) is 6.54 Å². The lowest BCUT2D eigenvalue weighted by molar-refractivity contribution is 0.577. The number of rotatable bonds is 6. The second-order valence-electron chi connectivity index (χ2n) is 5.12. The molecule has 0 spiro atoms. The average Bonchev–Trinajstić information content (AvgIpc) is 3.29. The molecule has 0 saturated carbocycles. The number of nitrogens with one attached hydrogen (secondary N) is 3. The lowest BCUT2D eigenvalue weighted by Crippen LogP contribution is -2.37. The zero-order chi connectivity index (χ0) is 16.6. The molecule has 3 N–H and O–H groups in total. The SMILES string of the molecule is CCNC(=NCc1ccccc1)NCc1nc(-c2ccco2)n[nH]1.I. The van der Waals surface area contributed by atoms with Gasteiger partial charge in [-0.15, -0.1) is 29.1 Å². The quantitative estimate of drug-likeness (QED) is 0.304. The van der Waals surface area contributed by atoms with Crippen molar-refractivity contribution in [1.82, 2.24) is 25.8 Å². The van der Waals surface area contributed by atoms with Gasteiger partial charge in [-0.2, -0.15) is 0 Å². The molecule has 0 aliphatic carbocycles. The van der Waals surface area contributed by atoms with Gasteiger partial charge >= 0.3 is 0 Å². The summed E-state index contributed by atoms with van der Waals surface area (Å²) in [5.74, 6) is 2.63. The summed E-state index contributed by atoms with van der Waals surface area (Å²) >= 11 is 0. The minimum absolute atomic E-state index is 0. The molecule has 0 fully saturated rings. The van der Waals surface area contributed by atoms with E-state index in [1.54, 1.807) is 6.26 Å². The summed E-state index contributed by atoms with van der Waals surface area (Å²) in [6.07, 6.45) is 1.60. The van der Waals surface area contributed by atoms with Crippen LogP contribution in [0.2, 0.25) is 0 Å². The van der Waals surface area contributed by atoms with E-state index in [0.717, 1.165) is 18.1 Å². The predicted octanol–water partition coefficient (Wildman–Crippen LogP) is 2.94. The fraction of sp³-hybridized carbons (Fsp3) is 0.235. The minimum atomic E-state index is 0. The maximum atomic E-state index is 5.28. The van der Waals surface area contributed by atoms with Crippen LogP contribution in [0.1, 0.15) is 18.3 Å². The third kappa shape index (κ3) is 5.59. The van der Waals surface area contributed by atoms with Crippen LogP contribution in [0.25, 0.3) is 11.6 Å². The molecule has 2 heterocycles. The second kappa shape index (κ2) is 9.82. The number of halogens is 1. The number of nitrogens with zero attached hydrogens (tertiary/aromatic N) is 3. The van der Waals surface area contributed by atoms with E-state index in [0.29, 0.717) is 30.5 Å². The normalized spacial score (nSPS) is 11.0. The summed E-state index contributed by atoms with van der Waals surface area (Å²) in [6, 6.07) is 13.8. The van der Waals surface area contributed by atoms with Crippen molar-refractivity contribution in [1.29, 1.82) is 0 Å². The van der Waals surface area contributed by atoms with Crippen molar-refractivity contribution >= 4 is 29.9 Å². The summed E-state index contributed by atoms with van der Waals surface area (Å²) in [4.78, 5) is 8.97. The van der Waals surface area contributed by atoms with Crippen molar-refractivity contribution in [2.24, 2.45) is 4.99 Å². The Morgan fingerprint density at radius 2 is 2.00 bits per heavy atom. The molecule has 2 aromatic heterocycles. The molecule has 8 heteroatoms. The molecule has 25 heavy (non-hydrogen) atoms. The highest BCUT2D eigenvalue weighted by Crippen LogP contribution is 2.14. The zero-order valence-electron chi connectivity index (χ0n) is 13.9. The van der Waals surface area contributed by atoms with Crippen molar-refractivity contribution in [2.45, 2.75) is 20.0 Å². The molecule has 0 atom stereocenters. The Hall–Kier alpha value is -2.36. The number of furan rings is 1. The molecule has 0 aliphatic heterocycles. The Kier molecular flexibility index (Phi) is 7.45. The van der Waals surface area contributed by atoms with Crippen molar-refractivity contribution in [3.8, 4) is 11.6 Å². The molecule has 0 bridgehead atoms. The number of hydrogen-bond acceptors (Lipinski definition) is 4. The van der Waals surface area contributed by atoms with Gasteiger partial charge in [-0.1, -0.05) is 30.3 Å². The Labute approximate surface area is 163 Å². The average molecular weight is 452 g/mol. The number of guanidine groups is 1. The fourth-order valence-electron chi connectivity index (χ4n) is 2.15. The third-order valence-electron chi connectivity index (χ3n) is 3.30. The first-order valence-corrected chi connectivity index (χ1v) is 7.86. The number of aliphatic imine (C=N–C) groups is 1. The van der Waals surface area contributed by atoms with E-state index < -0.39 is 0 Å². The highest BCUT2D eigenvalue weighted by atomic mass is 127. The lowest BCUT2D eigenvalue weighted by Gasteiger charge is -2.09. The smallest absolute Gasteiger partial charge is 0.216 e. The van der Waals surface area contributed by atoms with Crippen LogP contribution >= 0.6 is 24.0 Å². The fourth-order valence-corrected chi connectivity index (χ4v) is 2.15. The van der Waals surface area contributed by atoms with E-state index in [4.69, 9.17) is 4.42 Å². The Morgan fingerprint density at radius 1 is 1.16 bits per heavy atom. The summed E-state index contributed by atoms with van der Waals surface area (Å²) in [7, 11) is 0. The van der Waals surface area contributed by atoms with Crippen LogP contribution in [0.4, 0.5) is 0 Å². The standard InChI is InChI=1S/C17H20N6O.HI/c1-2-18-17(19-11-13-7-4-3-5-8-13)20-12-15-21-16(23-22-15)14-9-6-10-24-14;/h3-10H,2,11-12H2,1H3,(H2,18,19,20)(H,21,22,23);1H. The van der Waals surface area contributed by atoms with Crippen LogP contribution < -0.4 is 10.6 Å². The second-order valence-corrected chi connectivity index (χ2v) is 5.12. The van der Waals surface area contributed by atoms with E-state index >= 15 is 0 Å². The Balaban J connectivity index is 0.00000225. The third-order valence-corrected chi connectivity index (χ3v) is 3.30. The van der Waals surface area contributed by atoms with Crippen molar-refractivity contribution in [3.05, 3.63) is 60.1 Å². The highest BCUT2D eigenvalue weighted by Gasteiger charge is 2.08. The maximum Gasteiger partial charge on any atom is 0.216 e. The first kappa shape index (κ1) is 19.0. The number of H-pyrrole nitrogens is 1. The van der Waals surface area contributed by atoms with Gasteiger partial charge in [0.05, 0.1) is 19.4 Å². The van der Waals surface area contributed by atoms with Gasteiger partial charge in [-0.05, 0) is 24.6 Å². The summed E-state index contributed by atoms with van der Waals surface area (Å²) in [5, 5.41) is 13.5. The van der Waals surface area contributed by atoms with Gasteiger partial charge < -0.3 is 15.1 Å². The topological polar surface area (TPSA) is 91.1 Å². The van der Waals surface area contributed by atoms with Gasteiger partial charge in [0.25, 0.3) is 0 Å². The van der Waals surface area contributed by atoms with Gasteiger partial charge in [0.15, 0.2) is 11.7 Å². The predicted molar refractivity (Wildman–Crippen MR) is 108 cm³/mol.